The SMILES string of the molecule is CC(=O)Oc1ccccc1C(=O)OCOC(=O)c1ccccc1OC(=O)CCC(CO[N+](=O)[O-])ON=O. The van der Waals surface area contributed by atoms with Gasteiger partial charge in [-0.25, -0.2) is 9.59 Å². The zero-order valence-electron chi connectivity index (χ0n) is 19.2. The molecule has 0 aliphatic rings. The van der Waals surface area contributed by atoms with Crippen LogP contribution < -0.4 is 9.47 Å². The minimum atomic E-state index is -1.18. The summed E-state index contributed by atoms with van der Waals surface area (Å²) in [5.41, 5.74) is -0.245. The lowest BCUT2D eigenvalue weighted by Crippen LogP contribution is -2.22. The molecule has 2 aromatic carbocycles. The first-order valence-corrected chi connectivity index (χ1v) is 10.4. The minimum absolute atomic E-state index is 0.0370. The number of esters is 4. The summed E-state index contributed by atoms with van der Waals surface area (Å²) in [5.74, 6) is -3.65. The molecule has 0 aliphatic carbocycles. The number of para-hydroxylation sites is 2. The smallest absolute Gasteiger partial charge is 0.344 e. The third kappa shape index (κ3) is 9.59. The van der Waals surface area contributed by atoms with Crippen molar-refractivity contribution in [3.05, 3.63) is 74.7 Å². The van der Waals surface area contributed by atoms with Gasteiger partial charge < -0.3 is 28.6 Å². The molecule has 0 aromatic heterocycles. The maximum absolute atomic E-state index is 12.5. The van der Waals surface area contributed by atoms with Crippen molar-refractivity contribution in [2.24, 2.45) is 5.34 Å². The highest BCUT2D eigenvalue weighted by atomic mass is 17.0. The van der Waals surface area contributed by atoms with Gasteiger partial charge in [0.1, 0.15) is 29.2 Å². The number of nitrogens with zero attached hydrogens (tertiary/aromatic N) is 2. The normalized spacial score (nSPS) is 10.8. The van der Waals surface area contributed by atoms with E-state index < -0.39 is 48.5 Å². The van der Waals surface area contributed by atoms with Crippen LogP contribution in [0, 0.1) is 15.0 Å². The Morgan fingerprint density at radius 1 is 0.919 bits per heavy atom. The Kier molecular flexibility index (Phi) is 10.9. The Balaban J connectivity index is 1.93. The van der Waals surface area contributed by atoms with E-state index in [4.69, 9.17) is 18.9 Å². The van der Waals surface area contributed by atoms with Gasteiger partial charge >= 0.3 is 23.9 Å². The molecule has 0 aliphatic heterocycles. The molecule has 1 unspecified atom stereocenters. The lowest BCUT2D eigenvalue weighted by Gasteiger charge is -2.13. The summed E-state index contributed by atoms with van der Waals surface area (Å²) in [6.07, 6.45) is -1.77. The van der Waals surface area contributed by atoms with Gasteiger partial charge in [0.2, 0.25) is 6.79 Å². The van der Waals surface area contributed by atoms with Crippen molar-refractivity contribution < 1.29 is 52.9 Å². The van der Waals surface area contributed by atoms with Gasteiger partial charge in [-0.15, -0.1) is 15.0 Å². The van der Waals surface area contributed by atoms with E-state index in [1.807, 2.05) is 0 Å². The number of hydrogen-bond donors (Lipinski definition) is 0. The van der Waals surface area contributed by atoms with Crippen LogP contribution in [0.15, 0.2) is 53.9 Å². The number of carbonyl (C=O) groups is 4. The number of benzene rings is 2. The number of ether oxygens (including phenoxy) is 4. The molecule has 15 heteroatoms. The van der Waals surface area contributed by atoms with Crippen molar-refractivity contribution >= 4 is 23.9 Å². The van der Waals surface area contributed by atoms with Crippen LogP contribution in [0.25, 0.3) is 0 Å². The second-order valence-electron chi connectivity index (χ2n) is 6.90. The Bertz CT molecular complexity index is 1150. The quantitative estimate of drug-likeness (QED) is 0.0880. The van der Waals surface area contributed by atoms with E-state index in [9.17, 15) is 34.2 Å². The first-order valence-electron chi connectivity index (χ1n) is 10.4. The standard InChI is InChI=1S/C22H20N2O13/c1-14(25)35-18-8-4-2-6-16(18)21(27)32-13-33-22(28)17-7-3-5-9-19(17)36-20(26)11-10-15(37-23-29)12-34-24(30)31/h2-9,15H,10-13H2,1H3. The summed E-state index contributed by atoms with van der Waals surface area (Å²) in [7, 11) is 0. The molecule has 0 N–H and O–H groups in total. The maximum Gasteiger partial charge on any atom is 0.344 e. The molecular formula is C22H20N2O13. The molecule has 2 rings (SSSR count). The predicted octanol–water partition coefficient (Wildman–Crippen LogP) is 2.54. The zero-order valence-corrected chi connectivity index (χ0v) is 19.2. The summed E-state index contributed by atoms with van der Waals surface area (Å²) in [6, 6.07) is 11.3. The maximum atomic E-state index is 12.5. The Hall–Kier alpha value is -5.08. The van der Waals surface area contributed by atoms with Gasteiger partial charge in [-0.3, -0.25) is 9.59 Å². The molecule has 0 fully saturated rings. The average molecular weight is 520 g/mol. The summed E-state index contributed by atoms with van der Waals surface area (Å²) >= 11 is 0. The van der Waals surface area contributed by atoms with Gasteiger partial charge in [-0.05, 0) is 30.7 Å². The van der Waals surface area contributed by atoms with Crippen molar-refractivity contribution in [1.82, 2.24) is 0 Å². The topological polar surface area (TPSA) is 196 Å². The monoisotopic (exact) mass is 520 g/mol. The van der Waals surface area contributed by atoms with Crippen LogP contribution in [0.3, 0.4) is 0 Å². The molecule has 0 amide bonds. The Labute approximate surface area is 208 Å². The van der Waals surface area contributed by atoms with Gasteiger partial charge in [-0.2, -0.15) is 0 Å². The second-order valence-corrected chi connectivity index (χ2v) is 6.90. The Morgan fingerprint density at radius 3 is 1.97 bits per heavy atom. The van der Waals surface area contributed by atoms with Gasteiger partial charge in [0.05, 0.1) is 0 Å². The molecule has 37 heavy (non-hydrogen) atoms. The highest BCUT2D eigenvalue weighted by Gasteiger charge is 2.21. The summed E-state index contributed by atoms with van der Waals surface area (Å²) in [5, 5.41) is 11.3. The fourth-order valence-electron chi connectivity index (χ4n) is 2.72. The number of rotatable bonds is 14. The molecular weight excluding hydrogens is 500 g/mol. The molecule has 196 valence electrons. The van der Waals surface area contributed by atoms with Crippen molar-refractivity contribution in [2.75, 3.05) is 13.4 Å². The van der Waals surface area contributed by atoms with E-state index in [1.165, 1.54) is 42.5 Å². The molecule has 0 spiro atoms. The van der Waals surface area contributed by atoms with Crippen LogP contribution in [0.4, 0.5) is 0 Å². The third-order valence-electron chi connectivity index (χ3n) is 4.30. The summed E-state index contributed by atoms with van der Waals surface area (Å²) in [6.45, 7) is -0.283. The van der Waals surface area contributed by atoms with Crippen LogP contribution in [-0.2, 0) is 28.7 Å². The molecule has 15 nitrogen and oxygen atoms in total. The van der Waals surface area contributed by atoms with Crippen LogP contribution in [-0.4, -0.2) is 48.5 Å². The minimum Gasteiger partial charge on any atom is -0.426 e. The lowest BCUT2D eigenvalue weighted by molar-refractivity contribution is -0.759. The molecule has 0 bridgehead atoms. The highest BCUT2D eigenvalue weighted by molar-refractivity contribution is 5.94. The van der Waals surface area contributed by atoms with Crippen molar-refractivity contribution in [1.29, 1.82) is 0 Å². The zero-order chi connectivity index (χ0) is 27.2. The van der Waals surface area contributed by atoms with Crippen LogP contribution in [0.1, 0.15) is 40.5 Å². The molecule has 2 aromatic rings. The predicted molar refractivity (Wildman–Crippen MR) is 118 cm³/mol. The van der Waals surface area contributed by atoms with Gasteiger partial charge in [0.25, 0.3) is 5.09 Å². The largest absolute Gasteiger partial charge is 0.426 e. The average Bonchev–Trinajstić information content (AvgIpc) is 2.85. The van der Waals surface area contributed by atoms with E-state index in [0.29, 0.717) is 0 Å². The number of carbonyl (C=O) groups excluding carboxylic acids is 4. The first kappa shape index (κ1) is 28.2. The van der Waals surface area contributed by atoms with E-state index in [1.54, 1.807) is 6.07 Å². The van der Waals surface area contributed by atoms with Crippen molar-refractivity contribution in [3.63, 3.8) is 0 Å². The molecule has 0 heterocycles. The van der Waals surface area contributed by atoms with Crippen LogP contribution in [0.5, 0.6) is 11.5 Å². The summed E-state index contributed by atoms with van der Waals surface area (Å²) < 4.78 is 19.9. The van der Waals surface area contributed by atoms with Crippen LogP contribution >= 0.6 is 0 Å². The Morgan fingerprint density at radius 2 is 1.46 bits per heavy atom. The van der Waals surface area contributed by atoms with Gasteiger partial charge in [-0.1, -0.05) is 24.3 Å². The van der Waals surface area contributed by atoms with E-state index in [-0.39, 0.29) is 35.5 Å². The van der Waals surface area contributed by atoms with E-state index in [0.717, 1.165) is 6.92 Å². The third-order valence-corrected chi connectivity index (χ3v) is 4.30. The summed E-state index contributed by atoms with van der Waals surface area (Å²) in [4.78, 5) is 77.1. The highest BCUT2D eigenvalue weighted by Crippen LogP contribution is 2.21. The first-order chi connectivity index (χ1) is 17.7. The lowest BCUT2D eigenvalue weighted by atomic mass is 10.2. The fourth-order valence-corrected chi connectivity index (χ4v) is 2.72. The fraction of sp³-hybridized carbons (Fsp3) is 0.273. The van der Waals surface area contributed by atoms with E-state index >= 15 is 0 Å². The van der Waals surface area contributed by atoms with Crippen molar-refractivity contribution in [2.45, 2.75) is 25.9 Å². The molecule has 1 atom stereocenters. The second kappa shape index (κ2) is 14.3. The van der Waals surface area contributed by atoms with Crippen LogP contribution in [0.2, 0.25) is 0 Å². The van der Waals surface area contributed by atoms with Crippen molar-refractivity contribution in [3.8, 4) is 11.5 Å². The molecule has 0 radical (unpaired) electrons. The molecule has 0 saturated carbocycles. The molecule has 0 saturated heterocycles. The number of hydrogen-bond acceptors (Lipinski definition) is 14. The van der Waals surface area contributed by atoms with E-state index in [2.05, 4.69) is 15.0 Å². The van der Waals surface area contributed by atoms with Gasteiger partial charge in [0, 0.05) is 13.3 Å². The van der Waals surface area contributed by atoms with Gasteiger partial charge in [0.15, 0.2) is 11.4 Å².